The molecular formula is C16H20BrNO5. The molecule has 1 saturated heterocycles. The number of halogens is 1. The normalized spacial score (nSPS) is 16.7. The molecule has 126 valence electrons. The minimum Gasteiger partial charge on any atom is -0.480 e. The molecule has 0 radical (unpaired) electrons. The fourth-order valence-corrected chi connectivity index (χ4v) is 2.97. The molecule has 2 N–H and O–H groups in total. The van der Waals surface area contributed by atoms with Crippen LogP contribution in [0.2, 0.25) is 0 Å². The summed E-state index contributed by atoms with van der Waals surface area (Å²) in [6.45, 7) is 1.18. The molecule has 23 heavy (non-hydrogen) atoms. The van der Waals surface area contributed by atoms with Crippen molar-refractivity contribution < 1.29 is 24.2 Å². The number of carboxylic acids is 1. The summed E-state index contributed by atoms with van der Waals surface area (Å²) < 4.78 is 11.3. The fourth-order valence-electron chi connectivity index (χ4n) is 2.70. The second-order valence-corrected chi connectivity index (χ2v) is 6.32. The van der Waals surface area contributed by atoms with Crippen molar-refractivity contribution >= 4 is 27.8 Å². The van der Waals surface area contributed by atoms with Crippen molar-refractivity contribution in [2.75, 3.05) is 33.0 Å². The van der Waals surface area contributed by atoms with Gasteiger partial charge >= 0.3 is 5.97 Å². The molecule has 0 saturated carbocycles. The molecule has 0 atom stereocenters. The molecule has 0 bridgehead atoms. The highest BCUT2D eigenvalue weighted by molar-refractivity contribution is 9.10. The van der Waals surface area contributed by atoms with Gasteiger partial charge in [0, 0.05) is 24.2 Å². The van der Waals surface area contributed by atoms with Crippen LogP contribution in [0.15, 0.2) is 28.7 Å². The van der Waals surface area contributed by atoms with E-state index < -0.39 is 11.4 Å². The molecule has 1 aliphatic rings. The Balaban J connectivity index is 2.01. The lowest BCUT2D eigenvalue weighted by Gasteiger charge is -2.36. The molecule has 7 heteroatoms. The third-order valence-corrected chi connectivity index (χ3v) is 4.46. The van der Waals surface area contributed by atoms with E-state index in [4.69, 9.17) is 14.6 Å². The van der Waals surface area contributed by atoms with Gasteiger partial charge < -0.3 is 19.9 Å². The molecule has 1 fully saturated rings. The average Bonchev–Trinajstić information content (AvgIpc) is 2.55. The number of ether oxygens (including phenoxy) is 2. The minimum absolute atomic E-state index is 0.0675. The maximum absolute atomic E-state index is 12.8. The Morgan fingerprint density at radius 3 is 2.52 bits per heavy atom. The monoisotopic (exact) mass is 385 g/mol. The third kappa shape index (κ3) is 4.76. The predicted molar refractivity (Wildman–Crippen MR) is 87.3 cm³/mol. The van der Waals surface area contributed by atoms with Gasteiger partial charge in [0.1, 0.15) is 6.61 Å². The Morgan fingerprint density at radius 1 is 1.26 bits per heavy atom. The van der Waals surface area contributed by atoms with Crippen molar-refractivity contribution in [1.82, 2.24) is 5.32 Å². The number of carbonyl (C=O) groups is 2. The minimum atomic E-state index is -1.02. The van der Waals surface area contributed by atoms with Crippen LogP contribution in [0, 0.1) is 0 Å². The topological polar surface area (TPSA) is 84.9 Å². The lowest BCUT2D eigenvalue weighted by atomic mass is 9.73. The maximum atomic E-state index is 12.8. The van der Waals surface area contributed by atoms with Gasteiger partial charge in [0.25, 0.3) is 0 Å². The van der Waals surface area contributed by atoms with Crippen molar-refractivity contribution in [3.63, 3.8) is 0 Å². The van der Waals surface area contributed by atoms with E-state index in [-0.39, 0.29) is 25.7 Å². The van der Waals surface area contributed by atoms with Crippen LogP contribution in [0.1, 0.15) is 18.4 Å². The SMILES string of the molecule is O=C(O)COCCNC(=O)C1(c2ccc(Br)cc2)CCOCC1. The van der Waals surface area contributed by atoms with Crippen molar-refractivity contribution in [2.45, 2.75) is 18.3 Å². The summed E-state index contributed by atoms with van der Waals surface area (Å²) in [4.78, 5) is 23.1. The molecule has 6 nitrogen and oxygen atoms in total. The van der Waals surface area contributed by atoms with E-state index in [1.807, 2.05) is 24.3 Å². The van der Waals surface area contributed by atoms with Gasteiger partial charge in [-0.2, -0.15) is 0 Å². The summed E-state index contributed by atoms with van der Waals surface area (Å²) in [6.07, 6.45) is 1.24. The molecule has 1 aromatic carbocycles. The molecule has 0 unspecified atom stereocenters. The molecule has 2 rings (SSSR count). The van der Waals surface area contributed by atoms with E-state index in [0.29, 0.717) is 26.1 Å². The number of hydrogen-bond acceptors (Lipinski definition) is 4. The highest BCUT2D eigenvalue weighted by atomic mass is 79.9. The summed E-state index contributed by atoms with van der Waals surface area (Å²) in [5.74, 6) is -1.09. The number of amides is 1. The quantitative estimate of drug-likeness (QED) is 0.697. The summed E-state index contributed by atoms with van der Waals surface area (Å²) in [5, 5.41) is 11.4. The zero-order chi connectivity index (χ0) is 16.7. The summed E-state index contributed by atoms with van der Waals surface area (Å²) in [5.41, 5.74) is 0.360. The van der Waals surface area contributed by atoms with Crippen LogP contribution in [0.25, 0.3) is 0 Å². The van der Waals surface area contributed by atoms with Crippen LogP contribution in [-0.4, -0.2) is 50.0 Å². The van der Waals surface area contributed by atoms with Gasteiger partial charge in [0.05, 0.1) is 12.0 Å². The first kappa shape index (κ1) is 17.9. The number of hydrogen-bond donors (Lipinski definition) is 2. The number of benzene rings is 1. The van der Waals surface area contributed by atoms with E-state index in [2.05, 4.69) is 21.2 Å². The summed E-state index contributed by atoms with van der Waals surface area (Å²) in [6, 6.07) is 7.76. The average molecular weight is 386 g/mol. The first-order valence-electron chi connectivity index (χ1n) is 7.46. The fraction of sp³-hybridized carbons (Fsp3) is 0.500. The van der Waals surface area contributed by atoms with Crippen LogP contribution in [0.5, 0.6) is 0 Å². The van der Waals surface area contributed by atoms with Crippen molar-refractivity contribution in [3.8, 4) is 0 Å². The van der Waals surface area contributed by atoms with Crippen molar-refractivity contribution in [1.29, 1.82) is 0 Å². The first-order valence-corrected chi connectivity index (χ1v) is 8.25. The van der Waals surface area contributed by atoms with Gasteiger partial charge in [0.15, 0.2) is 0 Å². The smallest absolute Gasteiger partial charge is 0.329 e. The second kappa shape index (κ2) is 8.42. The predicted octanol–water partition coefficient (Wildman–Crippen LogP) is 1.71. The number of carboxylic acid groups (broad SMARTS) is 1. The standard InChI is InChI=1S/C16H20BrNO5/c17-13-3-1-12(2-4-13)16(5-8-22-9-6-16)15(21)18-7-10-23-11-14(19)20/h1-4H,5-11H2,(H,18,21)(H,19,20). The number of aliphatic carboxylic acids is 1. The van der Waals surface area contributed by atoms with E-state index in [9.17, 15) is 9.59 Å². The van der Waals surface area contributed by atoms with Gasteiger partial charge in [0.2, 0.25) is 5.91 Å². The van der Waals surface area contributed by atoms with Crippen LogP contribution < -0.4 is 5.32 Å². The third-order valence-electron chi connectivity index (χ3n) is 3.94. The Bertz CT molecular complexity index is 540. The Labute approximate surface area is 143 Å². The molecule has 1 aromatic rings. The largest absolute Gasteiger partial charge is 0.480 e. The lowest BCUT2D eigenvalue weighted by Crippen LogP contribution is -2.48. The maximum Gasteiger partial charge on any atom is 0.329 e. The van der Waals surface area contributed by atoms with E-state index in [1.54, 1.807) is 0 Å². The molecule has 0 aromatic heterocycles. The van der Waals surface area contributed by atoms with E-state index in [1.165, 1.54) is 0 Å². The second-order valence-electron chi connectivity index (χ2n) is 5.40. The molecular weight excluding hydrogens is 366 g/mol. The highest BCUT2D eigenvalue weighted by Gasteiger charge is 2.41. The van der Waals surface area contributed by atoms with Crippen molar-refractivity contribution in [2.24, 2.45) is 0 Å². The Morgan fingerprint density at radius 2 is 1.91 bits per heavy atom. The number of nitrogens with one attached hydrogen (secondary N) is 1. The number of carbonyl (C=O) groups excluding carboxylic acids is 1. The van der Waals surface area contributed by atoms with Crippen LogP contribution in [-0.2, 0) is 24.5 Å². The highest BCUT2D eigenvalue weighted by Crippen LogP contribution is 2.35. The lowest BCUT2D eigenvalue weighted by molar-refractivity contribution is -0.142. The Kier molecular flexibility index (Phi) is 6.56. The summed E-state index contributed by atoms with van der Waals surface area (Å²) >= 11 is 3.41. The van der Waals surface area contributed by atoms with E-state index in [0.717, 1.165) is 10.0 Å². The zero-order valence-corrected chi connectivity index (χ0v) is 14.3. The van der Waals surface area contributed by atoms with Gasteiger partial charge in [-0.1, -0.05) is 28.1 Å². The molecule has 1 heterocycles. The van der Waals surface area contributed by atoms with Crippen LogP contribution in [0.3, 0.4) is 0 Å². The number of rotatable bonds is 7. The van der Waals surface area contributed by atoms with Gasteiger partial charge in [-0.25, -0.2) is 4.79 Å². The van der Waals surface area contributed by atoms with Crippen LogP contribution in [0.4, 0.5) is 0 Å². The molecule has 0 aliphatic carbocycles. The van der Waals surface area contributed by atoms with E-state index >= 15 is 0 Å². The zero-order valence-electron chi connectivity index (χ0n) is 12.7. The molecule has 1 amide bonds. The molecule has 0 spiro atoms. The summed E-state index contributed by atoms with van der Waals surface area (Å²) in [7, 11) is 0. The Hall–Kier alpha value is -1.44. The van der Waals surface area contributed by atoms with Crippen LogP contribution >= 0.6 is 15.9 Å². The van der Waals surface area contributed by atoms with Crippen molar-refractivity contribution in [3.05, 3.63) is 34.3 Å². The van der Waals surface area contributed by atoms with Gasteiger partial charge in [-0.15, -0.1) is 0 Å². The van der Waals surface area contributed by atoms with Gasteiger partial charge in [-0.3, -0.25) is 4.79 Å². The first-order chi connectivity index (χ1) is 11.0. The molecule has 1 aliphatic heterocycles. The van der Waals surface area contributed by atoms with Gasteiger partial charge in [-0.05, 0) is 30.5 Å².